The first-order valence-corrected chi connectivity index (χ1v) is 8.01. The Morgan fingerprint density at radius 2 is 2.22 bits per heavy atom. The molecule has 0 spiro atoms. The van der Waals surface area contributed by atoms with E-state index in [4.69, 9.17) is 0 Å². The predicted molar refractivity (Wildman–Crippen MR) is 80.1 cm³/mol. The van der Waals surface area contributed by atoms with Crippen molar-refractivity contribution in [2.24, 2.45) is 11.8 Å². The van der Waals surface area contributed by atoms with Gasteiger partial charge in [0.1, 0.15) is 0 Å². The summed E-state index contributed by atoms with van der Waals surface area (Å²) in [6.45, 7) is 12.9. The van der Waals surface area contributed by atoms with Crippen LogP contribution in [0.25, 0.3) is 0 Å². The lowest BCUT2D eigenvalue weighted by molar-refractivity contribution is 0.139. The Morgan fingerprint density at radius 1 is 1.39 bits per heavy atom. The molecule has 1 aliphatic heterocycles. The maximum atomic E-state index is 3.57. The Bertz CT molecular complexity index is 361. The van der Waals surface area contributed by atoms with Crippen LogP contribution in [-0.2, 0) is 6.54 Å². The molecule has 2 nitrogen and oxygen atoms in total. The molecule has 0 aliphatic carbocycles. The van der Waals surface area contributed by atoms with Gasteiger partial charge in [0.05, 0.1) is 0 Å². The zero-order valence-corrected chi connectivity index (χ0v) is 12.7. The first-order chi connectivity index (χ1) is 8.66. The van der Waals surface area contributed by atoms with Crippen LogP contribution in [0.15, 0.2) is 11.4 Å². The number of likely N-dealkylation sites (tertiary alicyclic amines) is 1. The SMILES string of the molecule is Cc1ccsc1CNCCN1CCC(C)C(C)C1. The molecule has 2 rings (SSSR count). The lowest BCUT2D eigenvalue weighted by Gasteiger charge is -2.35. The molecule has 18 heavy (non-hydrogen) atoms. The number of thiophene rings is 1. The number of piperidine rings is 1. The molecule has 1 fully saturated rings. The van der Waals surface area contributed by atoms with Crippen molar-refractivity contribution in [3.63, 3.8) is 0 Å². The van der Waals surface area contributed by atoms with Crippen LogP contribution in [0, 0.1) is 18.8 Å². The fourth-order valence-corrected chi connectivity index (χ4v) is 3.45. The van der Waals surface area contributed by atoms with Crippen LogP contribution in [0.1, 0.15) is 30.7 Å². The van der Waals surface area contributed by atoms with E-state index in [9.17, 15) is 0 Å². The maximum Gasteiger partial charge on any atom is 0.0302 e. The largest absolute Gasteiger partial charge is 0.311 e. The van der Waals surface area contributed by atoms with Crippen molar-refractivity contribution in [3.05, 3.63) is 21.9 Å². The van der Waals surface area contributed by atoms with Gasteiger partial charge in [0.2, 0.25) is 0 Å². The summed E-state index contributed by atoms with van der Waals surface area (Å²) in [5.41, 5.74) is 1.42. The Kier molecular flexibility index (Phi) is 5.22. The van der Waals surface area contributed by atoms with Crippen LogP contribution in [0.2, 0.25) is 0 Å². The van der Waals surface area contributed by atoms with Gasteiger partial charge in [0, 0.05) is 31.1 Å². The third-order valence-electron chi connectivity index (χ3n) is 4.28. The molecule has 0 bridgehead atoms. The van der Waals surface area contributed by atoms with Gasteiger partial charge in [-0.05, 0) is 48.7 Å². The number of hydrogen-bond donors (Lipinski definition) is 1. The molecule has 102 valence electrons. The van der Waals surface area contributed by atoms with Crippen LogP contribution in [0.3, 0.4) is 0 Å². The molecule has 0 radical (unpaired) electrons. The highest BCUT2D eigenvalue weighted by molar-refractivity contribution is 7.10. The van der Waals surface area contributed by atoms with Crippen molar-refractivity contribution < 1.29 is 0 Å². The molecule has 1 aromatic rings. The Balaban J connectivity index is 1.63. The Morgan fingerprint density at radius 3 is 2.89 bits per heavy atom. The fourth-order valence-electron chi connectivity index (χ4n) is 2.58. The second kappa shape index (κ2) is 6.69. The highest BCUT2D eigenvalue weighted by Crippen LogP contribution is 2.21. The smallest absolute Gasteiger partial charge is 0.0302 e. The highest BCUT2D eigenvalue weighted by atomic mass is 32.1. The van der Waals surface area contributed by atoms with Crippen LogP contribution in [-0.4, -0.2) is 31.1 Å². The van der Waals surface area contributed by atoms with Crippen molar-refractivity contribution in [2.45, 2.75) is 33.7 Å². The van der Waals surface area contributed by atoms with E-state index < -0.39 is 0 Å². The second-order valence-electron chi connectivity index (χ2n) is 5.75. The highest BCUT2D eigenvalue weighted by Gasteiger charge is 2.21. The average Bonchev–Trinajstić information content (AvgIpc) is 2.75. The van der Waals surface area contributed by atoms with Crippen LogP contribution in [0.4, 0.5) is 0 Å². The van der Waals surface area contributed by atoms with Gasteiger partial charge in [-0.3, -0.25) is 0 Å². The summed E-state index contributed by atoms with van der Waals surface area (Å²) in [5.74, 6) is 1.77. The van der Waals surface area contributed by atoms with Gasteiger partial charge in [0.25, 0.3) is 0 Å². The number of rotatable bonds is 5. The van der Waals surface area contributed by atoms with Crippen LogP contribution >= 0.6 is 11.3 Å². The molecule has 2 heterocycles. The topological polar surface area (TPSA) is 15.3 Å². The summed E-state index contributed by atoms with van der Waals surface area (Å²) in [5, 5.41) is 5.75. The van der Waals surface area contributed by atoms with Crippen molar-refractivity contribution in [1.82, 2.24) is 10.2 Å². The van der Waals surface area contributed by atoms with Gasteiger partial charge in [-0.15, -0.1) is 11.3 Å². The quantitative estimate of drug-likeness (QED) is 0.824. The summed E-state index contributed by atoms with van der Waals surface area (Å²) in [6, 6.07) is 2.20. The first-order valence-electron chi connectivity index (χ1n) is 7.13. The second-order valence-corrected chi connectivity index (χ2v) is 6.75. The number of aryl methyl sites for hydroxylation is 1. The summed E-state index contributed by atoms with van der Waals surface area (Å²) in [4.78, 5) is 4.09. The monoisotopic (exact) mass is 266 g/mol. The van der Waals surface area contributed by atoms with Crippen LogP contribution < -0.4 is 5.32 Å². The van der Waals surface area contributed by atoms with E-state index in [1.807, 2.05) is 11.3 Å². The van der Waals surface area contributed by atoms with E-state index >= 15 is 0 Å². The molecule has 0 saturated carbocycles. The minimum atomic E-state index is 0.860. The molecule has 2 atom stereocenters. The molecule has 1 aromatic heterocycles. The standard InChI is InChI=1S/C15H26N2S/c1-12-4-7-17(11-14(12)3)8-6-16-10-15-13(2)5-9-18-15/h5,9,12,14,16H,4,6-8,10-11H2,1-3H3. The van der Waals surface area contributed by atoms with Gasteiger partial charge in [-0.1, -0.05) is 13.8 Å². The van der Waals surface area contributed by atoms with Gasteiger partial charge < -0.3 is 10.2 Å². The summed E-state index contributed by atoms with van der Waals surface area (Å²) < 4.78 is 0. The normalized spacial score (nSPS) is 25.5. The van der Waals surface area contributed by atoms with Crippen LogP contribution in [0.5, 0.6) is 0 Å². The molecule has 2 unspecified atom stereocenters. The predicted octanol–water partition coefficient (Wildman–Crippen LogP) is 3.12. The molecule has 0 aromatic carbocycles. The van der Waals surface area contributed by atoms with E-state index in [1.54, 1.807) is 0 Å². The van der Waals surface area contributed by atoms with Crippen molar-refractivity contribution in [3.8, 4) is 0 Å². The zero-order chi connectivity index (χ0) is 13.0. The molecule has 3 heteroatoms. The zero-order valence-electron chi connectivity index (χ0n) is 11.9. The van der Waals surface area contributed by atoms with E-state index in [2.05, 4.69) is 42.4 Å². The number of nitrogens with zero attached hydrogens (tertiary/aromatic N) is 1. The summed E-state index contributed by atoms with van der Waals surface area (Å²) in [6.07, 6.45) is 1.37. The number of nitrogens with one attached hydrogen (secondary N) is 1. The Hall–Kier alpha value is -0.380. The molecular weight excluding hydrogens is 240 g/mol. The third-order valence-corrected chi connectivity index (χ3v) is 5.30. The average molecular weight is 266 g/mol. The lowest BCUT2D eigenvalue weighted by atomic mass is 9.89. The molecule has 1 N–H and O–H groups in total. The Labute approximate surface area is 115 Å². The molecular formula is C15H26N2S. The minimum absolute atomic E-state index is 0.860. The van der Waals surface area contributed by atoms with Crippen molar-refractivity contribution in [2.75, 3.05) is 26.2 Å². The van der Waals surface area contributed by atoms with Gasteiger partial charge in [0.15, 0.2) is 0 Å². The van der Waals surface area contributed by atoms with E-state index in [0.717, 1.165) is 24.9 Å². The molecule has 1 saturated heterocycles. The van der Waals surface area contributed by atoms with Gasteiger partial charge in [-0.25, -0.2) is 0 Å². The van der Waals surface area contributed by atoms with Gasteiger partial charge >= 0.3 is 0 Å². The van der Waals surface area contributed by atoms with E-state index in [0.29, 0.717) is 0 Å². The fraction of sp³-hybridized carbons (Fsp3) is 0.733. The maximum absolute atomic E-state index is 3.57. The number of hydrogen-bond acceptors (Lipinski definition) is 3. The third kappa shape index (κ3) is 3.81. The first kappa shape index (κ1) is 14.0. The minimum Gasteiger partial charge on any atom is -0.311 e. The van der Waals surface area contributed by atoms with Crippen molar-refractivity contribution in [1.29, 1.82) is 0 Å². The van der Waals surface area contributed by atoms with Crippen molar-refractivity contribution >= 4 is 11.3 Å². The lowest BCUT2D eigenvalue weighted by Crippen LogP contribution is -2.41. The van der Waals surface area contributed by atoms with Gasteiger partial charge in [-0.2, -0.15) is 0 Å². The molecule has 0 amide bonds. The van der Waals surface area contributed by atoms with E-state index in [-0.39, 0.29) is 0 Å². The summed E-state index contributed by atoms with van der Waals surface area (Å²) >= 11 is 1.86. The van der Waals surface area contributed by atoms with E-state index in [1.165, 1.54) is 36.5 Å². The summed E-state index contributed by atoms with van der Waals surface area (Å²) in [7, 11) is 0. The molecule has 1 aliphatic rings.